The number of ether oxygens (including phenoxy) is 1. The van der Waals surface area contributed by atoms with Gasteiger partial charge < -0.3 is 18.7 Å². The number of aliphatic hydroxyl groups is 1. The van der Waals surface area contributed by atoms with Gasteiger partial charge in [-0.15, -0.1) is 0 Å². The summed E-state index contributed by atoms with van der Waals surface area (Å²) < 4.78 is 16.4. The summed E-state index contributed by atoms with van der Waals surface area (Å²) in [4.78, 5) is 8.40. The molecule has 0 spiro atoms. The van der Waals surface area contributed by atoms with Crippen molar-refractivity contribution in [2.24, 2.45) is 0 Å². The number of aliphatic hydroxyl groups excluding tert-OH is 1. The van der Waals surface area contributed by atoms with Crippen LogP contribution in [-0.2, 0) is 13.2 Å². The van der Waals surface area contributed by atoms with Crippen LogP contribution in [0.25, 0.3) is 11.7 Å². The highest BCUT2D eigenvalue weighted by molar-refractivity contribution is 5.44. The molecule has 6 nitrogen and oxygen atoms in total. The third-order valence-electron chi connectivity index (χ3n) is 2.96. The van der Waals surface area contributed by atoms with Gasteiger partial charge in [0.25, 0.3) is 5.89 Å². The Morgan fingerprint density at radius 1 is 1.29 bits per heavy atom. The number of hydrogen-bond donors (Lipinski definition) is 1. The molecule has 0 saturated heterocycles. The minimum atomic E-state index is -0.0881. The minimum absolute atomic E-state index is 0.0881. The summed E-state index contributed by atoms with van der Waals surface area (Å²) in [6.07, 6.45) is 3.13. The predicted molar refractivity (Wildman–Crippen MR) is 73.4 cm³/mol. The van der Waals surface area contributed by atoms with E-state index in [1.165, 1.54) is 0 Å². The highest BCUT2D eigenvalue weighted by Crippen LogP contribution is 2.23. The molecule has 0 atom stereocenters. The molecule has 0 aromatic carbocycles. The van der Waals surface area contributed by atoms with Crippen molar-refractivity contribution >= 4 is 0 Å². The molecule has 21 heavy (non-hydrogen) atoms. The molecule has 0 saturated carbocycles. The van der Waals surface area contributed by atoms with E-state index in [-0.39, 0.29) is 13.2 Å². The maximum absolute atomic E-state index is 8.93. The maximum atomic E-state index is 8.93. The van der Waals surface area contributed by atoms with Gasteiger partial charge in [0.1, 0.15) is 23.8 Å². The van der Waals surface area contributed by atoms with Crippen molar-refractivity contribution in [2.75, 3.05) is 0 Å². The largest absolute Gasteiger partial charge is 0.486 e. The van der Waals surface area contributed by atoms with E-state index in [1.54, 1.807) is 36.7 Å². The van der Waals surface area contributed by atoms with E-state index in [2.05, 4.69) is 9.97 Å². The highest BCUT2D eigenvalue weighted by Gasteiger charge is 2.13. The first-order valence-electron chi connectivity index (χ1n) is 6.45. The lowest BCUT2D eigenvalue weighted by molar-refractivity contribution is 0.274. The van der Waals surface area contributed by atoms with Gasteiger partial charge in [-0.05, 0) is 31.2 Å². The lowest BCUT2D eigenvalue weighted by Gasteiger charge is -2.04. The Labute approximate surface area is 121 Å². The van der Waals surface area contributed by atoms with Gasteiger partial charge in [-0.2, -0.15) is 0 Å². The number of aryl methyl sites for hydroxylation is 1. The molecule has 6 heteroatoms. The molecule has 0 aliphatic heterocycles. The summed E-state index contributed by atoms with van der Waals surface area (Å²) in [5, 5.41) is 8.93. The van der Waals surface area contributed by atoms with Crippen LogP contribution in [0.1, 0.15) is 17.1 Å². The molecule has 3 rings (SSSR count). The van der Waals surface area contributed by atoms with Crippen LogP contribution in [0.3, 0.4) is 0 Å². The first kappa shape index (κ1) is 13.4. The van der Waals surface area contributed by atoms with Crippen molar-refractivity contribution in [1.82, 2.24) is 9.97 Å². The minimum Gasteiger partial charge on any atom is -0.486 e. The molecule has 0 bridgehead atoms. The van der Waals surface area contributed by atoms with Crippen LogP contribution < -0.4 is 4.74 Å². The van der Waals surface area contributed by atoms with E-state index >= 15 is 0 Å². The number of rotatable bonds is 5. The second-order valence-electron chi connectivity index (χ2n) is 4.43. The van der Waals surface area contributed by atoms with E-state index in [0.717, 1.165) is 0 Å². The van der Waals surface area contributed by atoms with Crippen LogP contribution in [0.2, 0.25) is 0 Å². The number of oxazole rings is 1. The second-order valence-corrected chi connectivity index (χ2v) is 4.43. The number of hydrogen-bond acceptors (Lipinski definition) is 6. The van der Waals surface area contributed by atoms with Gasteiger partial charge in [-0.3, -0.25) is 4.98 Å². The first-order valence-corrected chi connectivity index (χ1v) is 6.45. The smallest absolute Gasteiger partial charge is 0.263 e. The van der Waals surface area contributed by atoms with E-state index in [0.29, 0.717) is 34.5 Å². The van der Waals surface area contributed by atoms with Gasteiger partial charge in [-0.1, -0.05) is 0 Å². The summed E-state index contributed by atoms with van der Waals surface area (Å²) in [7, 11) is 0. The first-order chi connectivity index (χ1) is 10.3. The van der Waals surface area contributed by atoms with Crippen LogP contribution in [0.15, 0.2) is 45.6 Å². The number of aromatic nitrogens is 2. The highest BCUT2D eigenvalue weighted by atomic mass is 16.5. The van der Waals surface area contributed by atoms with Crippen molar-refractivity contribution in [2.45, 2.75) is 20.1 Å². The van der Waals surface area contributed by atoms with Crippen LogP contribution in [0, 0.1) is 6.92 Å². The lowest BCUT2D eigenvalue weighted by atomic mass is 10.3. The average Bonchev–Trinajstić information content (AvgIpc) is 3.15. The molecule has 3 heterocycles. The Morgan fingerprint density at radius 2 is 2.19 bits per heavy atom. The van der Waals surface area contributed by atoms with E-state index in [4.69, 9.17) is 18.7 Å². The van der Waals surface area contributed by atoms with E-state index in [1.807, 2.05) is 6.92 Å². The van der Waals surface area contributed by atoms with Crippen LogP contribution >= 0.6 is 0 Å². The Bertz CT molecular complexity index is 702. The molecule has 0 unspecified atom stereocenters. The Morgan fingerprint density at radius 3 is 2.86 bits per heavy atom. The fraction of sp³-hybridized carbons (Fsp3) is 0.200. The number of pyridine rings is 1. The average molecular weight is 286 g/mol. The van der Waals surface area contributed by atoms with Gasteiger partial charge in [0, 0.05) is 0 Å². The van der Waals surface area contributed by atoms with Crippen LogP contribution in [0.4, 0.5) is 0 Å². The van der Waals surface area contributed by atoms with E-state index in [9.17, 15) is 0 Å². The fourth-order valence-corrected chi connectivity index (χ4v) is 1.81. The molecule has 1 N–H and O–H groups in total. The van der Waals surface area contributed by atoms with Gasteiger partial charge in [0.15, 0.2) is 5.76 Å². The Kier molecular flexibility index (Phi) is 3.70. The van der Waals surface area contributed by atoms with Crippen molar-refractivity contribution in [3.05, 3.63) is 53.9 Å². The summed E-state index contributed by atoms with van der Waals surface area (Å²) in [6, 6.07) is 7.02. The third kappa shape index (κ3) is 2.95. The maximum Gasteiger partial charge on any atom is 0.263 e. The van der Waals surface area contributed by atoms with Gasteiger partial charge >= 0.3 is 0 Å². The molecule has 0 aliphatic rings. The molecule has 0 radical (unpaired) electrons. The topological polar surface area (TPSA) is 81.5 Å². The zero-order valence-electron chi connectivity index (χ0n) is 11.4. The van der Waals surface area contributed by atoms with Gasteiger partial charge in [0.05, 0.1) is 24.8 Å². The van der Waals surface area contributed by atoms with Crippen LogP contribution in [0.5, 0.6) is 5.75 Å². The standard InChI is InChI=1S/C15H14N2O4/c1-10-13(17-15(21-10)14-3-2-6-19-14)9-20-12-5-4-11(8-18)16-7-12/h2-7,18H,8-9H2,1H3. The molecule has 0 amide bonds. The van der Waals surface area contributed by atoms with Crippen molar-refractivity contribution < 1.29 is 18.7 Å². The monoisotopic (exact) mass is 286 g/mol. The van der Waals surface area contributed by atoms with Crippen molar-refractivity contribution in [3.63, 3.8) is 0 Å². The fourth-order valence-electron chi connectivity index (χ4n) is 1.81. The Hall–Kier alpha value is -2.60. The number of furan rings is 1. The van der Waals surface area contributed by atoms with Gasteiger partial charge in [0.2, 0.25) is 0 Å². The molecule has 0 fully saturated rings. The molecular formula is C15H14N2O4. The summed E-state index contributed by atoms with van der Waals surface area (Å²) in [5.41, 5.74) is 1.30. The second kappa shape index (κ2) is 5.80. The predicted octanol–water partition coefficient (Wildman–Crippen LogP) is 2.71. The molecule has 0 aliphatic carbocycles. The SMILES string of the molecule is Cc1oc(-c2ccco2)nc1COc1ccc(CO)nc1. The van der Waals surface area contributed by atoms with E-state index < -0.39 is 0 Å². The molecular weight excluding hydrogens is 272 g/mol. The number of nitrogens with zero attached hydrogens (tertiary/aromatic N) is 2. The quantitative estimate of drug-likeness (QED) is 0.776. The molecule has 108 valence electrons. The summed E-state index contributed by atoms with van der Waals surface area (Å²) in [5.74, 6) is 2.30. The zero-order chi connectivity index (χ0) is 14.7. The summed E-state index contributed by atoms with van der Waals surface area (Å²) in [6.45, 7) is 2.01. The molecule has 3 aromatic rings. The zero-order valence-corrected chi connectivity index (χ0v) is 11.4. The normalized spacial score (nSPS) is 10.8. The third-order valence-corrected chi connectivity index (χ3v) is 2.96. The Balaban J connectivity index is 1.70. The molecule has 3 aromatic heterocycles. The van der Waals surface area contributed by atoms with Crippen molar-refractivity contribution in [3.8, 4) is 17.4 Å². The summed E-state index contributed by atoms with van der Waals surface area (Å²) >= 11 is 0. The van der Waals surface area contributed by atoms with Crippen molar-refractivity contribution in [1.29, 1.82) is 0 Å². The lowest BCUT2D eigenvalue weighted by Crippen LogP contribution is -1.98. The van der Waals surface area contributed by atoms with Gasteiger partial charge in [-0.25, -0.2) is 4.98 Å². The van der Waals surface area contributed by atoms with Crippen LogP contribution in [-0.4, -0.2) is 15.1 Å².